The van der Waals surface area contributed by atoms with Crippen molar-refractivity contribution in [3.8, 4) is 0 Å². The molecule has 0 atom stereocenters. The molecule has 0 aliphatic carbocycles. The minimum Gasteiger partial charge on any atom is -0.340 e. The van der Waals surface area contributed by atoms with E-state index in [0.29, 0.717) is 51.1 Å². The number of aromatic nitrogens is 2. The summed E-state index contributed by atoms with van der Waals surface area (Å²) in [6.45, 7) is 3.23. The minimum atomic E-state index is -0.120. The van der Waals surface area contributed by atoms with Crippen molar-refractivity contribution in [3.05, 3.63) is 71.0 Å². The average Bonchev–Trinajstić information content (AvgIpc) is 2.80. The summed E-state index contributed by atoms with van der Waals surface area (Å²) in [4.78, 5) is 40.7. The summed E-state index contributed by atoms with van der Waals surface area (Å²) in [5, 5.41) is 7.67. The molecule has 2 amide bonds. The number of piperazine rings is 1. The van der Waals surface area contributed by atoms with Gasteiger partial charge < -0.3 is 10.2 Å². The fraction of sp³-hybridized carbons (Fsp3) is 0.304. The van der Waals surface area contributed by atoms with Crippen molar-refractivity contribution in [3.63, 3.8) is 0 Å². The highest BCUT2D eigenvalue weighted by Gasteiger charge is 2.22. The lowest BCUT2D eigenvalue weighted by Gasteiger charge is -2.34. The molecule has 0 bridgehead atoms. The summed E-state index contributed by atoms with van der Waals surface area (Å²) in [6, 6.07) is 16.7. The van der Waals surface area contributed by atoms with Crippen LogP contribution < -0.4 is 10.7 Å². The number of carbonyl (C=O) groups is 2. The van der Waals surface area contributed by atoms with Crippen molar-refractivity contribution in [2.75, 3.05) is 38.0 Å². The van der Waals surface area contributed by atoms with Gasteiger partial charge in [0.2, 0.25) is 17.2 Å². The standard InChI is InChI=1S/C23H25N5O3/c29-21-16-24-28(20-9-5-4-8-19(20)21)11-10-23(31)27-14-12-26(13-15-27)17-22(30)25-18-6-2-1-3-7-18/h1-9,16H,10-15,17H2,(H,25,30). The highest BCUT2D eigenvalue weighted by Crippen LogP contribution is 2.10. The number of nitrogens with one attached hydrogen (secondary N) is 1. The van der Waals surface area contributed by atoms with E-state index in [1.807, 2.05) is 53.4 Å². The smallest absolute Gasteiger partial charge is 0.238 e. The van der Waals surface area contributed by atoms with E-state index < -0.39 is 0 Å². The molecule has 1 aliphatic heterocycles. The number of aryl methyl sites for hydroxylation is 1. The molecular formula is C23H25N5O3. The molecule has 160 valence electrons. The van der Waals surface area contributed by atoms with Crippen molar-refractivity contribution >= 4 is 28.4 Å². The van der Waals surface area contributed by atoms with Gasteiger partial charge in [-0.15, -0.1) is 0 Å². The summed E-state index contributed by atoms with van der Waals surface area (Å²) in [5.74, 6) is 0.000109. The number of anilines is 1. The number of nitrogens with zero attached hydrogens (tertiary/aromatic N) is 4. The molecule has 0 saturated carbocycles. The van der Waals surface area contributed by atoms with Crippen LogP contribution in [0.4, 0.5) is 5.69 Å². The van der Waals surface area contributed by atoms with Crippen LogP contribution in [0.5, 0.6) is 0 Å². The normalized spacial score (nSPS) is 14.5. The number of amides is 2. The second-order valence-electron chi connectivity index (χ2n) is 7.57. The molecule has 31 heavy (non-hydrogen) atoms. The third-order valence-corrected chi connectivity index (χ3v) is 5.45. The highest BCUT2D eigenvalue weighted by molar-refractivity contribution is 5.92. The van der Waals surface area contributed by atoms with Crippen molar-refractivity contribution in [1.82, 2.24) is 19.6 Å². The lowest BCUT2D eigenvalue weighted by molar-refractivity contribution is -0.133. The van der Waals surface area contributed by atoms with Crippen LogP contribution in [0.3, 0.4) is 0 Å². The van der Waals surface area contributed by atoms with E-state index in [1.165, 1.54) is 6.20 Å². The zero-order valence-electron chi connectivity index (χ0n) is 17.2. The van der Waals surface area contributed by atoms with Gasteiger partial charge in [0.1, 0.15) is 0 Å². The molecule has 1 N–H and O–H groups in total. The SMILES string of the molecule is O=C(CN1CCN(C(=O)CCn2ncc(=O)c3ccccc32)CC1)Nc1ccccc1. The summed E-state index contributed by atoms with van der Waals surface area (Å²) in [7, 11) is 0. The third-order valence-electron chi connectivity index (χ3n) is 5.45. The Balaban J connectivity index is 1.26. The van der Waals surface area contributed by atoms with Crippen LogP contribution in [0.2, 0.25) is 0 Å². The van der Waals surface area contributed by atoms with Gasteiger partial charge in [0.15, 0.2) is 0 Å². The summed E-state index contributed by atoms with van der Waals surface area (Å²) in [6.07, 6.45) is 1.61. The molecule has 3 aromatic rings. The molecule has 0 unspecified atom stereocenters. The second-order valence-corrected chi connectivity index (χ2v) is 7.57. The fourth-order valence-corrected chi connectivity index (χ4v) is 3.78. The Hall–Kier alpha value is -3.52. The van der Waals surface area contributed by atoms with Gasteiger partial charge in [0.25, 0.3) is 0 Å². The van der Waals surface area contributed by atoms with Gasteiger partial charge in [-0.3, -0.25) is 24.0 Å². The first-order valence-electron chi connectivity index (χ1n) is 10.4. The Morgan fingerprint density at radius 1 is 0.935 bits per heavy atom. The molecule has 4 rings (SSSR count). The molecule has 2 aromatic carbocycles. The lowest BCUT2D eigenvalue weighted by Crippen LogP contribution is -2.50. The van der Waals surface area contributed by atoms with Crippen LogP contribution in [-0.4, -0.2) is 64.1 Å². The van der Waals surface area contributed by atoms with E-state index in [-0.39, 0.29) is 17.2 Å². The van der Waals surface area contributed by atoms with Crippen LogP contribution in [-0.2, 0) is 16.1 Å². The number of fused-ring (bicyclic) bond motifs is 1. The van der Waals surface area contributed by atoms with E-state index in [4.69, 9.17) is 0 Å². The van der Waals surface area contributed by atoms with Crippen molar-refractivity contribution in [2.45, 2.75) is 13.0 Å². The molecule has 1 fully saturated rings. The minimum absolute atomic E-state index is 0.0536. The number of carbonyl (C=O) groups excluding carboxylic acids is 2. The molecule has 2 heterocycles. The lowest BCUT2D eigenvalue weighted by atomic mass is 10.2. The fourth-order valence-electron chi connectivity index (χ4n) is 3.78. The van der Waals surface area contributed by atoms with Gasteiger partial charge in [0, 0.05) is 43.7 Å². The maximum absolute atomic E-state index is 12.7. The molecule has 1 saturated heterocycles. The molecule has 8 heteroatoms. The van der Waals surface area contributed by atoms with Gasteiger partial charge in [-0.25, -0.2) is 0 Å². The van der Waals surface area contributed by atoms with Crippen molar-refractivity contribution in [2.24, 2.45) is 0 Å². The first kappa shape index (κ1) is 20.7. The van der Waals surface area contributed by atoms with Gasteiger partial charge >= 0.3 is 0 Å². The van der Waals surface area contributed by atoms with Gasteiger partial charge in [-0.1, -0.05) is 30.3 Å². The van der Waals surface area contributed by atoms with Crippen LogP contribution >= 0.6 is 0 Å². The first-order chi connectivity index (χ1) is 15.1. The molecule has 0 spiro atoms. The predicted molar refractivity (Wildman–Crippen MR) is 119 cm³/mol. The Kier molecular flexibility index (Phi) is 6.37. The van der Waals surface area contributed by atoms with Crippen LogP contribution in [0.15, 0.2) is 65.6 Å². The summed E-state index contributed by atoms with van der Waals surface area (Å²) >= 11 is 0. The number of hydrogen-bond donors (Lipinski definition) is 1. The van der Waals surface area contributed by atoms with Crippen molar-refractivity contribution in [1.29, 1.82) is 0 Å². The van der Waals surface area contributed by atoms with Crippen LogP contribution in [0.1, 0.15) is 6.42 Å². The molecule has 1 aromatic heterocycles. The van der Waals surface area contributed by atoms with E-state index in [1.54, 1.807) is 10.7 Å². The Morgan fingerprint density at radius 2 is 1.65 bits per heavy atom. The first-order valence-corrected chi connectivity index (χ1v) is 10.4. The Bertz CT molecular complexity index is 1120. The number of rotatable bonds is 6. The zero-order valence-corrected chi connectivity index (χ0v) is 17.2. The second kappa shape index (κ2) is 9.53. The van der Waals surface area contributed by atoms with Crippen molar-refractivity contribution < 1.29 is 9.59 Å². The highest BCUT2D eigenvalue weighted by atomic mass is 16.2. The number of benzene rings is 2. The topological polar surface area (TPSA) is 87.5 Å². The quantitative estimate of drug-likeness (QED) is 0.655. The van der Waals surface area contributed by atoms with E-state index >= 15 is 0 Å². The Labute approximate surface area is 180 Å². The number of hydrogen-bond acceptors (Lipinski definition) is 5. The number of para-hydroxylation sites is 2. The predicted octanol–water partition coefficient (Wildman–Crippen LogP) is 1.57. The van der Waals surface area contributed by atoms with Crippen LogP contribution in [0.25, 0.3) is 10.9 Å². The molecule has 1 aliphatic rings. The zero-order chi connectivity index (χ0) is 21.6. The Morgan fingerprint density at radius 3 is 2.42 bits per heavy atom. The third kappa shape index (κ3) is 5.16. The van der Waals surface area contributed by atoms with E-state index in [2.05, 4.69) is 15.3 Å². The van der Waals surface area contributed by atoms with Gasteiger partial charge in [-0.05, 0) is 24.3 Å². The van der Waals surface area contributed by atoms with Gasteiger partial charge in [-0.2, -0.15) is 5.10 Å². The monoisotopic (exact) mass is 419 g/mol. The maximum atomic E-state index is 12.7. The summed E-state index contributed by atoms with van der Waals surface area (Å²) in [5.41, 5.74) is 1.40. The van der Waals surface area contributed by atoms with Gasteiger partial charge in [0.05, 0.1) is 24.8 Å². The van der Waals surface area contributed by atoms with E-state index in [0.717, 1.165) is 11.2 Å². The largest absolute Gasteiger partial charge is 0.340 e. The maximum Gasteiger partial charge on any atom is 0.238 e. The summed E-state index contributed by atoms with van der Waals surface area (Å²) < 4.78 is 1.71. The molecule has 8 nitrogen and oxygen atoms in total. The van der Waals surface area contributed by atoms with Crippen LogP contribution in [0, 0.1) is 0 Å². The average molecular weight is 419 g/mol. The van der Waals surface area contributed by atoms with E-state index in [9.17, 15) is 14.4 Å². The molecular weight excluding hydrogens is 394 g/mol. The molecule has 0 radical (unpaired) electrons.